The van der Waals surface area contributed by atoms with Crippen LogP contribution in [0, 0.1) is 0 Å². The molecular formula is C22H31N3O4. The van der Waals surface area contributed by atoms with E-state index in [0.29, 0.717) is 6.42 Å². The molecule has 0 unspecified atom stereocenters. The number of aliphatic hydroxyl groups is 1. The van der Waals surface area contributed by atoms with Crippen molar-refractivity contribution in [1.29, 1.82) is 0 Å². The van der Waals surface area contributed by atoms with Gasteiger partial charge in [0, 0.05) is 18.7 Å². The average molecular weight is 402 g/mol. The Morgan fingerprint density at radius 1 is 1.07 bits per heavy atom. The normalized spacial score (nSPS) is 24.8. The highest BCUT2D eigenvalue weighted by Crippen LogP contribution is 2.17. The van der Waals surface area contributed by atoms with Crippen LogP contribution in [0.4, 0.5) is 5.69 Å². The summed E-state index contributed by atoms with van der Waals surface area (Å²) in [5.74, 6) is -0.209. The molecule has 29 heavy (non-hydrogen) atoms. The van der Waals surface area contributed by atoms with E-state index in [1.54, 1.807) is 6.08 Å². The Bertz CT molecular complexity index is 689. The van der Waals surface area contributed by atoms with Gasteiger partial charge in [-0.15, -0.1) is 0 Å². The van der Waals surface area contributed by atoms with Gasteiger partial charge in [0.1, 0.15) is 6.10 Å². The fourth-order valence-electron chi connectivity index (χ4n) is 3.75. The van der Waals surface area contributed by atoms with Crippen molar-refractivity contribution in [2.24, 2.45) is 0 Å². The number of aliphatic hydroxyl groups excluding tert-OH is 1. The molecule has 0 aromatic heterocycles. The summed E-state index contributed by atoms with van der Waals surface area (Å²) in [6, 6.07) is 8.85. The molecule has 3 N–H and O–H groups in total. The summed E-state index contributed by atoms with van der Waals surface area (Å²) >= 11 is 0. The molecule has 0 spiro atoms. The van der Waals surface area contributed by atoms with Crippen LogP contribution in [0.15, 0.2) is 42.5 Å². The summed E-state index contributed by atoms with van der Waals surface area (Å²) in [4.78, 5) is 26.8. The van der Waals surface area contributed by atoms with Crippen molar-refractivity contribution in [3.63, 3.8) is 0 Å². The van der Waals surface area contributed by atoms with Gasteiger partial charge in [-0.25, -0.2) is 0 Å². The molecule has 0 radical (unpaired) electrons. The minimum absolute atomic E-state index is 0.0486. The van der Waals surface area contributed by atoms with Crippen molar-refractivity contribution in [1.82, 2.24) is 10.2 Å². The summed E-state index contributed by atoms with van der Waals surface area (Å²) in [5, 5.41) is 15.4. The van der Waals surface area contributed by atoms with E-state index in [1.165, 1.54) is 19.3 Å². The van der Waals surface area contributed by atoms with Crippen LogP contribution in [-0.4, -0.2) is 66.3 Å². The number of likely N-dealkylation sites (tertiary alicyclic amines) is 1. The molecule has 2 aliphatic rings. The predicted octanol–water partition coefficient (Wildman–Crippen LogP) is 1.69. The van der Waals surface area contributed by atoms with Crippen LogP contribution in [0.25, 0.3) is 0 Å². The van der Waals surface area contributed by atoms with Gasteiger partial charge in [0.05, 0.1) is 25.2 Å². The molecule has 3 rings (SSSR count). The first-order chi connectivity index (χ1) is 14.1. The van der Waals surface area contributed by atoms with Gasteiger partial charge in [0.15, 0.2) is 0 Å². The Balaban J connectivity index is 1.45. The van der Waals surface area contributed by atoms with Gasteiger partial charge < -0.3 is 25.4 Å². The maximum atomic E-state index is 12.3. The lowest BCUT2D eigenvalue weighted by atomic mass is 10.0. The van der Waals surface area contributed by atoms with Crippen molar-refractivity contribution in [3.8, 4) is 0 Å². The highest BCUT2D eigenvalue weighted by atomic mass is 16.5. The minimum Gasteiger partial charge on any atom is -0.394 e. The Labute approximate surface area is 172 Å². The molecule has 2 heterocycles. The van der Waals surface area contributed by atoms with E-state index >= 15 is 0 Å². The molecule has 1 aromatic carbocycles. The lowest BCUT2D eigenvalue weighted by molar-refractivity contribution is -0.126. The summed E-state index contributed by atoms with van der Waals surface area (Å²) in [7, 11) is 0. The number of piperidine rings is 1. The van der Waals surface area contributed by atoms with Crippen LogP contribution in [0.5, 0.6) is 0 Å². The number of rotatable bonds is 8. The summed E-state index contributed by atoms with van der Waals surface area (Å²) < 4.78 is 5.83. The lowest BCUT2D eigenvalue weighted by Gasteiger charge is -2.32. The molecule has 3 atom stereocenters. The Hall–Kier alpha value is -2.22. The standard InChI is InChI=1S/C22H31N3O4/c26-16-20-19(24-21(27)11-14-25-12-5-2-6-13-25)10-9-18(29-20)15-22(28)23-17-7-3-1-4-8-17/h1,3-4,7-10,18-20,26H,2,5-6,11-16H2,(H,23,28)(H,24,27)/t18-,19+,20-/m1/s1. The van der Waals surface area contributed by atoms with Crippen molar-refractivity contribution < 1.29 is 19.4 Å². The SMILES string of the molecule is O=C(C[C@H]1C=C[C@H](NC(=O)CCN2CCCCC2)[C@@H](CO)O1)Nc1ccccc1. The second-order valence-corrected chi connectivity index (χ2v) is 7.64. The first-order valence-corrected chi connectivity index (χ1v) is 10.5. The zero-order chi connectivity index (χ0) is 20.5. The smallest absolute Gasteiger partial charge is 0.227 e. The van der Waals surface area contributed by atoms with Crippen LogP contribution >= 0.6 is 0 Å². The Morgan fingerprint density at radius 3 is 2.55 bits per heavy atom. The highest BCUT2D eigenvalue weighted by molar-refractivity contribution is 5.91. The second kappa shape index (κ2) is 11.1. The molecule has 0 bridgehead atoms. The third kappa shape index (κ3) is 6.96. The summed E-state index contributed by atoms with van der Waals surface area (Å²) in [6.45, 7) is 2.66. The quantitative estimate of drug-likeness (QED) is 0.577. The number of benzene rings is 1. The first kappa shape index (κ1) is 21.5. The highest BCUT2D eigenvalue weighted by Gasteiger charge is 2.29. The van der Waals surface area contributed by atoms with E-state index in [-0.39, 0.29) is 30.9 Å². The Morgan fingerprint density at radius 2 is 1.83 bits per heavy atom. The molecule has 158 valence electrons. The number of hydrogen-bond acceptors (Lipinski definition) is 5. The number of hydrogen-bond donors (Lipinski definition) is 3. The molecular weight excluding hydrogens is 370 g/mol. The number of carbonyl (C=O) groups excluding carboxylic acids is 2. The number of ether oxygens (including phenoxy) is 1. The zero-order valence-electron chi connectivity index (χ0n) is 16.8. The monoisotopic (exact) mass is 401 g/mol. The summed E-state index contributed by atoms with van der Waals surface area (Å²) in [6.07, 6.45) is 6.87. The van der Waals surface area contributed by atoms with Crippen LogP contribution in [0.2, 0.25) is 0 Å². The van der Waals surface area contributed by atoms with Crippen LogP contribution in [0.3, 0.4) is 0 Å². The Kier molecular flexibility index (Phi) is 8.22. The first-order valence-electron chi connectivity index (χ1n) is 10.5. The summed E-state index contributed by atoms with van der Waals surface area (Å²) in [5.41, 5.74) is 0.731. The fourth-order valence-corrected chi connectivity index (χ4v) is 3.75. The maximum absolute atomic E-state index is 12.3. The molecule has 1 saturated heterocycles. The number of nitrogens with one attached hydrogen (secondary N) is 2. The van der Waals surface area contributed by atoms with Gasteiger partial charge in [-0.2, -0.15) is 0 Å². The van der Waals surface area contributed by atoms with Crippen molar-refractivity contribution >= 4 is 17.5 Å². The van der Waals surface area contributed by atoms with Crippen LogP contribution in [-0.2, 0) is 14.3 Å². The maximum Gasteiger partial charge on any atom is 0.227 e. The van der Waals surface area contributed by atoms with E-state index in [9.17, 15) is 14.7 Å². The van der Waals surface area contributed by atoms with E-state index in [2.05, 4.69) is 15.5 Å². The third-order valence-electron chi connectivity index (χ3n) is 5.34. The number of nitrogens with zero attached hydrogens (tertiary/aromatic N) is 1. The van der Waals surface area contributed by atoms with Crippen LogP contribution < -0.4 is 10.6 Å². The van der Waals surface area contributed by atoms with Gasteiger partial charge in [-0.3, -0.25) is 9.59 Å². The minimum atomic E-state index is -0.562. The van der Waals surface area contributed by atoms with Crippen molar-refractivity contribution in [3.05, 3.63) is 42.5 Å². The van der Waals surface area contributed by atoms with Crippen LogP contribution in [0.1, 0.15) is 32.1 Å². The second-order valence-electron chi connectivity index (χ2n) is 7.64. The number of amides is 2. The molecule has 7 heteroatoms. The fraction of sp³-hybridized carbons (Fsp3) is 0.545. The van der Waals surface area contributed by atoms with Gasteiger partial charge in [-0.1, -0.05) is 36.8 Å². The predicted molar refractivity (Wildman–Crippen MR) is 111 cm³/mol. The van der Waals surface area contributed by atoms with Gasteiger partial charge in [0.25, 0.3) is 0 Å². The van der Waals surface area contributed by atoms with Crippen molar-refractivity contribution in [2.45, 2.75) is 50.4 Å². The van der Waals surface area contributed by atoms with Gasteiger partial charge >= 0.3 is 0 Å². The molecule has 0 aliphatic carbocycles. The van der Waals surface area contributed by atoms with Gasteiger partial charge in [0.2, 0.25) is 11.8 Å². The lowest BCUT2D eigenvalue weighted by Crippen LogP contribution is -2.49. The molecule has 1 fully saturated rings. The number of carbonyl (C=O) groups is 2. The molecule has 7 nitrogen and oxygen atoms in total. The van der Waals surface area contributed by atoms with E-state index < -0.39 is 12.2 Å². The van der Waals surface area contributed by atoms with E-state index in [1.807, 2.05) is 36.4 Å². The number of anilines is 1. The molecule has 1 aromatic rings. The zero-order valence-corrected chi connectivity index (χ0v) is 16.8. The molecule has 2 amide bonds. The van der Waals surface area contributed by atoms with E-state index in [0.717, 1.165) is 25.3 Å². The molecule has 2 aliphatic heterocycles. The van der Waals surface area contributed by atoms with Crippen molar-refractivity contribution in [2.75, 3.05) is 31.6 Å². The average Bonchev–Trinajstić information content (AvgIpc) is 2.74. The van der Waals surface area contributed by atoms with E-state index in [4.69, 9.17) is 4.74 Å². The topological polar surface area (TPSA) is 90.9 Å². The molecule has 0 saturated carbocycles. The third-order valence-corrected chi connectivity index (χ3v) is 5.34. The number of para-hydroxylation sites is 1. The van der Waals surface area contributed by atoms with Gasteiger partial charge in [-0.05, 0) is 38.1 Å². The largest absolute Gasteiger partial charge is 0.394 e.